The minimum absolute atomic E-state index is 0.00660. The van der Waals surface area contributed by atoms with Crippen molar-refractivity contribution in [2.45, 2.75) is 51.5 Å². The summed E-state index contributed by atoms with van der Waals surface area (Å²) in [6.07, 6.45) is 7.51. The lowest BCUT2D eigenvalue weighted by molar-refractivity contribution is 0.0740. The molecule has 1 aliphatic carbocycles. The van der Waals surface area contributed by atoms with E-state index >= 15 is 0 Å². The summed E-state index contributed by atoms with van der Waals surface area (Å²) in [5, 5.41) is 3.56. The summed E-state index contributed by atoms with van der Waals surface area (Å²) in [6, 6.07) is 12.7. The number of amides is 1. The Kier molecular flexibility index (Phi) is 6.27. The third-order valence-electron chi connectivity index (χ3n) is 5.95. The molecule has 2 aliphatic rings. The van der Waals surface area contributed by atoms with E-state index in [1.54, 1.807) is 0 Å². The van der Waals surface area contributed by atoms with Gasteiger partial charge in [0, 0.05) is 44.0 Å². The van der Waals surface area contributed by atoms with Gasteiger partial charge in [-0.2, -0.15) is 0 Å². The second kappa shape index (κ2) is 9.25. The molecule has 29 heavy (non-hydrogen) atoms. The molecule has 6 nitrogen and oxygen atoms in total. The molecule has 2 aromatic rings. The number of rotatable bonds is 4. The molecule has 0 atom stereocenters. The normalized spacial score (nSPS) is 18.4. The molecule has 0 bridgehead atoms. The summed E-state index contributed by atoms with van der Waals surface area (Å²) in [6.45, 7) is 4.97. The average molecular weight is 394 g/mol. The zero-order valence-electron chi connectivity index (χ0n) is 17.3. The van der Waals surface area contributed by atoms with Gasteiger partial charge < -0.3 is 15.1 Å². The second-order valence-corrected chi connectivity index (χ2v) is 8.13. The lowest BCUT2D eigenvalue weighted by atomic mass is 10.1. The lowest BCUT2D eigenvalue weighted by Gasteiger charge is -2.36. The predicted molar refractivity (Wildman–Crippen MR) is 116 cm³/mol. The maximum atomic E-state index is 13.1. The molecule has 154 valence electrons. The topological polar surface area (TPSA) is 61.4 Å². The molecule has 4 rings (SSSR count). The highest BCUT2D eigenvalue weighted by Crippen LogP contribution is 2.21. The molecule has 6 heteroatoms. The van der Waals surface area contributed by atoms with Crippen molar-refractivity contribution < 1.29 is 4.79 Å². The largest absolute Gasteiger partial charge is 0.368 e. The first-order valence-electron chi connectivity index (χ1n) is 10.9. The van der Waals surface area contributed by atoms with E-state index in [9.17, 15) is 4.79 Å². The number of hydrogen-bond donors (Lipinski definition) is 1. The lowest BCUT2D eigenvalue weighted by Crippen LogP contribution is -2.49. The molecule has 1 saturated carbocycles. The van der Waals surface area contributed by atoms with Gasteiger partial charge in [-0.05, 0) is 31.9 Å². The standard InChI is InChI=1S/C23H31N5O/c1-18-24-21(17-22(25-18)26-19-9-5-2-3-6-10-19)23(29)28-15-13-27(14-16-28)20-11-7-4-8-12-20/h4,7-8,11-12,17,19H,2-3,5-6,9-10,13-16H2,1H3,(H,24,25,26). The van der Waals surface area contributed by atoms with Crippen LogP contribution in [0.2, 0.25) is 0 Å². The molecule has 0 spiro atoms. The Bertz CT molecular complexity index is 809. The summed E-state index contributed by atoms with van der Waals surface area (Å²) in [5.41, 5.74) is 1.72. The Morgan fingerprint density at radius 1 is 0.966 bits per heavy atom. The zero-order valence-corrected chi connectivity index (χ0v) is 17.3. The first-order valence-corrected chi connectivity index (χ1v) is 10.9. The number of anilines is 2. The van der Waals surface area contributed by atoms with Crippen LogP contribution >= 0.6 is 0 Å². The third-order valence-corrected chi connectivity index (χ3v) is 5.95. The van der Waals surface area contributed by atoms with Crippen LogP contribution in [0, 0.1) is 6.92 Å². The van der Waals surface area contributed by atoms with E-state index in [-0.39, 0.29) is 5.91 Å². The fraction of sp³-hybridized carbons (Fsp3) is 0.522. The Labute approximate surface area is 173 Å². The van der Waals surface area contributed by atoms with Crippen LogP contribution in [0.3, 0.4) is 0 Å². The molecule has 1 aromatic carbocycles. The van der Waals surface area contributed by atoms with Crippen molar-refractivity contribution in [3.05, 3.63) is 47.9 Å². The molecular weight excluding hydrogens is 362 g/mol. The van der Waals surface area contributed by atoms with Crippen LogP contribution in [0.25, 0.3) is 0 Å². The fourth-order valence-corrected chi connectivity index (χ4v) is 4.35. The van der Waals surface area contributed by atoms with E-state index in [1.165, 1.54) is 44.2 Å². The number of carbonyl (C=O) groups is 1. The molecular formula is C23H31N5O. The van der Waals surface area contributed by atoms with Crippen molar-refractivity contribution >= 4 is 17.4 Å². The Morgan fingerprint density at radius 3 is 2.34 bits per heavy atom. The van der Waals surface area contributed by atoms with Crippen LogP contribution in [-0.2, 0) is 0 Å². The van der Waals surface area contributed by atoms with E-state index in [0.29, 0.717) is 30.6 Å². The highest BCUT2D eigenvalue weighted by atomic mass is 16.2. The summed E-state index contributed by atoms with van der Waals surface area (Å²) < 4.78 is 0. The van der Waals surface area contributed by atoms with Gasteiger partial charge in [0.25, 0.3) is 5.91 Å². The minimum atomic E-state index is 0.00660. The van der Waals surface area contributed by atoms with Gasteiger partial charge in [0.05, 0.1) is 0 Å². The number of piperazine rings is 1. The molecule has 1 saturated heterocycles. The number of carbonyl (C=O) groups excluding carboxylic acids is 1. The van der Waals surface area contributed by atoms with E-state index < -0.39 is 0 Å². The van der Waals surface area contributed by atoms with Gasteiger partial charge in [0.15, 0.2) is 0 Å². The quantitative estimate of drug-likeness (QED) is 0.799. The number of nitrogens with zero attached hydrogens (tertiary/aromatic N) is 4. The van der Waals surface area contributed by atoms with Gasteiger partial charge in [-0.1, -0.05) is 43.9 Å². The van der Waals surface area contributed by atoms with Crippen LogP contribution in [0.1, 0.15) is 54.8 Å². The number of hydrogen-bond acceptors (Lipinski definition) is 5. The predicted octanol–water partition coefficient (Wildman–Crippen LogP) is 3.88. The Balaban J connectivity index is 1.40. The summed E-state index contributed by atoms with van der Waals surface area (Å²) in [4.78, 5) is 26.3. The summed E-state index contributed by atoms with van der Waals surface area (Å²) in [7, 11) is 0. The third kappa shape index (κ3) is 5.05. The SMILES string of the molecule is Cc1nc(NC2CCCCCC2)cc(C(=O)N2CCN(c3ccccc3)CC2)n1. The molecule has 1 aromatic heterocycles. The summed E-state index contributed by atoms with van der Waals surface area (Å²) in [5.74, 6) is 1.44. The van der Waals surface area contributed by atoms with Crippen molar-refractivity contribution in [3.63, 3.8) is 0 Å². The average Bonchev–Trinajstić information content (AvgIpc) is 3.02. The first-order chi connectivity index (χ1) is 14.2. The van der Waals surface area contributed by atoms with Crippen LogP contribution in [-0.4, -0.2) is 53.0 Å². The Hall–Kier alpha value is -2.63. The fourth-order valence-electron chi connectivity index (χ4n) is 4.35. The van der Waals surface area contributed by atoms with Gasteiger partial charge in [-0.25, -0.2) is 9.97 Å². The van der Waals surface area contributed by atoms with Gasteiger partial charge >= 0.3 is 0 Å². The minimum Gasteiger partial charge on any atom is -0.368 e. The number of benzene rings is 1. The van der Waals surface area contributed by atoms with E-state index in [4.69, 9.17) is 0 Å². The van der Waals surface area contributed by atoms with Crippen molar-refractivity contribution in [1.82, 2.24) is 14.9 Å². The molecule has 0 radical (unpaired) electrons. The number of aryl methyl sites for hydroxylation is 1. The van der Waals surface area contributed by atoms with E-state index in [0.717, 1.165) is 18.9 Å². The van der Waals surface area contributed by atoms with Crippen LogP contribution < -0.4 is 10.2 Å². The molecule has 1 aliphatic heterocycles. The van der Waals surface area contributed by atoms with Crippen LogP contribution in [0.5, 0.6) is 0 Å². The van der Waals surface area contributed by atoms with Crippen molar-refractivity contribution in [1.29, 1.82) is 0 Å². The van der Waals surface area contributed by atoms with Gasteiger partial charge in [-0.3, -0.25) is 4.79 Å². The molecule has 1 amide bonds. The maximum Gasteiger partial charge on any atom is 0.272 e. The first kappa shape index (κ1) is 19.7. The molecule has 1 N–H and O–H groups in total. The monoisotopic (exact) mass is 393 g/mol. The zero-order chi connectivity index (χ0) is 20.1. The number of nitrogens with one attached hydrogen (secondary N) is 1. The molecule has 2 fully saturated rings. The number of para-hydroxylation sites is 1. The van der Waals surface area contributed by atoms with E-state index in [1.807, 2.05) is 24.0 Å². The van der Waals surface area contributed by atoms with E-state index in [2.05, 4.69) is 44.5 Å². The molecule has 2 heterocycles. The molecule has 0 unspecified atom stereocenters. The number of aromatic nitrogens is 2. The highest BCUT2D eigenvalue weighted by molar-refractivity contribution is 5.93. The van der Waals surface area contributed by atoms with Crippen molar-refractivity contribution in [2.75, 3.05) is 36.4 Å². The highest BCUT2D eigenvalue weighted by Gasteiger charge is 2.24. The van der Waals surface area contributed by atoms with Gasteiger partial charge in [-0.15, -0.1) is 0 Å². The maximum absolute atomic E-state index is 13.1. The van der Waals surface area contributed by atoms with Gasteiger partial charge in [0.2, 0.25) is 0 Å². The van der Waals surface area contributed by atoms with Crippen LogP contribution in [0.15, 0.2) is 36.4 Å². The van der Waals surface area contributed by atoms with Crippen molar-refractivity contribution in [2.24, 2.45) is 0 Å². The van der Waals surface area contributed by atoms with Crippen molar-refractivity contribution in [3.8, 4) is 0 Å². The van der Waals surface area contributed by atoms with Gasteiger partial charge in [0.1, 0.15) is 17.3 Å². The van der Waals surface area contributed by atoms with Crippen LogP contribution in [0.4, 0.5) is 11.5 Å². The summed E-state index contributed by atoms with van der Waals surface area (Å²) >= 11 is 0. The smallest absolute Gasteiger partial charge is 0.272 e. The second-order valence-electron chi connectivity index (χ2n) is 8.13. The Morgan fingerprint density at radius 2 is 1.66 bits per heavy atom.